The largest absolute Gasteiger partial charge is 0.468 e. The molecule has 1 rings (SSSR count). The van der Waals surface area contributed by atoms with E-state index >= 15 is 0 Å². The Morgan fingerprint density at radius 1 is 1.44 bits per heavy atom. The standard InChI is InChI=1S/C10H15F3N2O/c1-14-5-8-3-4-16-9(8)6-15(2)7-10(11,12)13/h3-4,14H,5-7H2,1-2H3. The number of furan rings is 1. The molecule has 0 fully saturated rings. The molecule has 0 aliphatic carbocycles. The maximum Gasteiger partial charge on any atom is 0.401 e. The van der Waals surface area contributed by atoms with Crippen LogP contribution in [0.25, 0.3) is 0 Å². The van der Waals surface area contributed by atoms with Crippen molar-refractivity contribution < 1.29 is 17.6 Å². The molecular formula is C10H15F3N2O. The third kappa shape index (κ3) is 4.24. The van der Waals surface area contributed by atoms with E-state index in [0.29, 0.717) is 12.3 Å². The fourth-order valence-electron chi connectivity index (χ4n) is 1.46. The minimum atomic E-state index is -4.18. The van der Waals surface area contributed by atoms with E-state index in [-0.39, 0.29) is 6.54 Å². The summed E-state index contributed by atoms with van der Waals surface area (Å²) in [5.41, 5.74) is 0.886. The lowest BCUT2D eigenvalue weighted by molar-refractivity contribution is -0.144. The molecule has 0 radical (unpaired) electrons. The second kappa shape index (κ2) is 5.36. The first-order valence-corrected chi connectivity index (χ1v) is 4.87. The van der Waals surface area contributed by atoms with Gasteiger partial charge in [0.05, 0.1) is 19.4 Å². The molecule has 0 atom stereocenters. The summed E-state index contributed by atoms with van der Waals surface area (Å²) in [4.78, 5) is 1.18. The Labute approximate surface area is 92.2 Å². The van der Waals surface area contributed by atoms with Crippen LogP contribution in [0.1, 0.15) is 11.3 Å². The van der Waals surface area contributed by atoms with Crippen LogP contribution in [-0.2, 0) is 13.1 Å². The summed E-state index contributed by atoms with van der Waals surface area (Å²) in [6, 6.07) is 1.76. The molecule has 92 valence electrons. The molecule has 1 aromatic rings. The van der Waals surface area contributed by atoms with Crippen LogP contribution in [-0.4, -0.2) is 31.7 Å². The van der Waals surface area contributed by atoms with E-state index in [4.69, 9.17) is 4.42 Å². The molecule has 3 nitrogen and oxygen atoms in total. The van der Waals surface area contributed by atoms with Gasteiger partial charge in [-0.1, -0.05) is 0 Å². The summed E-state index contributed by atoms with van der Waals surface area (Å²) >= 11 is 0. The Balaban J connectivity index is 2.55. The summed E-state index contributed by atoms with van der Waals surface area (Å²) in [5, 5.41) is 2.93. The first-order chi connectivity index (χ1) is 7.42. The average molecular weight is 236 g/mol. The summed E-state index contributed by atoms with van der Waals surface area (Å²) in [6.45, 7) is -0.193. The second-order valence-electron chi connectivity index (χ2n) is 3.69. The molecule has 1 heterocycles. The van der Waals surface area contributed by atoms with Crippen molar-refractivity contribution in [3.8, 4) is 0 Å². The Morgan fingerprint density at radius 3 is 2.69 bits per heavy atom. The molecule has 0 aliphatic rings. The lowest BCUT2D eigenvalue weighted by atomic mass is 10.2. The predicted molar refractivity (Wildman–Crippen MR) is 53.9 cm³/mol. The van der Waals surface area contributed by atoms with Crippen molar-refractivity contribution in [2.24, 2.45) is 0 Å². The first kappa shape index (κ1) is 13.1. The average Bonchev–Trinajstić information content (AvgIpc) is 2.50. The van der Waals surface area contributed by atoms with Gasteiger partial charge in [-0.3, -0.25) is 4.90 Å². The monoisotopic (exact) mass is 236 g/mol. The van der Waals surface area contributed by atoms with Gasteiger partial charge in [-0.15, -0.1) is 0 Å². The summed E-state index contributed by atoms with van der Waals surface area (Å²) in [7, 11) is 3.19. The highest BCUT2D eigenvalue weighted by Crippen LogP contribution is 2.18. The van der Waals surface area contributed by atoms with Crippen LogP contribution in [0.3, 0.4) is 0 Å². The molecule has 1 aromatic heterocycles. The summed E-state index contributed by atoms with van der Waals surface area (Å²) < 4.78 is 41.4. The van der Waals surface area contributed by atoms with Crippen molar-refractivity contribution >= 4 is 0 Å². The molecule has 0 aromatic carbocycles. The predicted octanol–water partition coefficient (Wildman–Crippen LogP) is 1.99. The smallest absolute Gasteiger partial charge is 0.401 e. The van der Waals surface area contributed by atoms with Crippen LogP contribution in [0.15, 0.2) is 16.7 Å². The van der Waals surface area contributed by atoms with Crippen molar-refractivity contribution in [2.45, 2.75) is 19.3 Å². The number of nitrogens with one attached hydrogen (secondary N) is 1. The van der Waals surface area contributed by atoms with Crippen molar-refractivity contribution in [1.82, 2.24) is 10.2 Å². The van der Waals surface area contributed by atoms with Crippen molar-refractivity contribution in [3.63, 3.8) is 0 Å². The molecule has 0 amide bonds. The van der Waals surface area contributed by atoms with E-state index < -0.39 is 12.7 Å². The number of halogens is 3. The van der Waals surface area contributed by atoms with Crippen molar-refractivity contribution in [2.75, 3.05) is 20.6 Å². The molecule has 16 heavy (non-hydrogen) atoms. The number of rotatable bonds is 5. The maximum absolute atomic E-state index is 12.1. The topological polar surface area (TPSA) is 28.4 Å². The third-order valence-corrected chi connectivity index (χ3v) is 2.07. The number of hydrogen-bond acceptors (Lipinski definition) is 3. The van der Waals surface area contributed by atoms with Gasteiger partial charge in [0, 0.05) is 12.1 Å². The Hall–Kier alpha value is -1.01. The minimum Gasteiger partial charge on any atom is -0.468 e. The van der Waals surface area contributed by atoms with Gasteiger partial charge >= 0.3 is 6.18 Å². The van der Waals surface area contributed by atoms with E-state index in [1.807, 2.05) is 0 Å². The lowest BCUT2D eigenvalue weighted by Gasteiger charge is -2.17. The Morgan fingerprint density at radius 2 is 2.12 bits per heavy atom. The Kier molecular flexibility index (Phi) is 4.37. The normalized spacial score (nSPS) is 12.4. The number of hydrogen-bond donors (Lipinski definition) is 1. The van der Waals surface area contributed by atoms with Gasteiger partial charge in [-0.05, 0) is 20.2 Å². The van der Waals surface area contributed by atoms with Gasteiger partial charge in [-0.2, -0.15) is 13.2 Å². The zero-order valence-electron chi connectivity index (χ0n) is 9.27. The van der Waals surface area contributed by atoms with Gasteiger partial charge in [0.2, 0.25) is 0 Å². The van der Waals surface area contributed by atoms with Gasteiger partial charge in [-0.25, -0.2) is 0 Å². The number of alkyl halides is 3. The highest BCUT2D eigenvalue weighted by Gasteiger charge is 2.29. The van der Waals surface area contributed by atoms with Crippen LogP contribution in [0.5, 0.6) is 0 Å². The van der Waals surface area contributed by atoms with Gasteiger partial charge < -0.3 is 9.73 Å². The van der Waals surface area contributed by atoms with Crippen LogP contribution in [0, 0.1) is 0 Å². The molecule has 0 saturated heterocycles. The van der Waals surface area contributed by atoms with Crippen LogP contribution >= 0.6 is 0 Å². The molecule has 0 spiro atoms. The van der Waals surface area contributed by atoms with Crippen molar-refractivity contribution in [1.29, 1.82) is 0 Å². The fraction of sp³-hybridized carbons (Fsp3) is 0.600. The second-order valence-corrected chi connectivity index (χ2v) is 3.69. The molecule has 6 heteroatoms. The fourth-order valence-corrected chi connectivity index (χ4v) is 1.46. The zero-order valence-corrected chi connectivity index (χ0v) is 9.27. The summed E-state index contributed by atoms with van der Waals surface area (Å²) in [5.74, 6) is 0.570. The Bertz CT molecular complexity index is 322. The first-order valence-electron chi connectivity index (χ1n) is 4.87. The van der Waals surface area contributed by atoms with Gasteiger partial charge in [0.15, 0.2) is 0 Å². The highest BCUT2D eigenvalue weighted by atomic mass is 19.4. The van der Waals surface area contributed by atoms with Gasteiger partial charge in [0.1, 0.15) is 5.76 Å². The van der Waals surface area contributed by atoms with Crippen LogP contribution in [0.2, 0.25) is 0 Å². The van der Waals surface area contributed by atoms with E-state index in [1.165, 1.54) is 18.2 Å². The molecule has 1 N–H and O–H groups in total. The lowest BCUT2D eigenvalue weighted by Crippen LogP contribution is -2.30. The van der Waals surface area contributed by atoms with E-state index in [2.05, 4.69) is 5.32 Å². The number of nitrogens with zero attached hydrogens (tertiary/aromatic N) is 1. The van der Waals surface area contributed by atoms with E-state index in [0.717, 1.165) is 5.56 Å². The molecular weight excluding hydrogens is 221 g/mol. The quantitative estimate of drug-likeness (QED) is 0.847. The molecule has 0 aliphatic heterocycles. The molecule has 0 bridgehead atoms. The maximum atomic E-state index is 12.1. The summed E-state index contributed by atoms with van der Waals surface area (Å²) in [6.07, 6.45) is -2.69. The zero-order chi connectivity index (χ0) is 12.2. The molecule has 0 saturated carbocycles. The molecule has 0 unspecified atom stereocenters. The van der Waals surface area contributed by atoms with E-state index in [1.54, 1.807) is 13.1 Å². The SMILES string of the molecule is CNCc1ccoc1CN(C)CC(F)(F)F. The van der Waals surface area contributed by atoms with E-state index in [9.17, 15) is 13.2 Å². The minimum absolute atomic E-state index is 0.156. The van der Waals surface area contributed by atoms with Gasteiger partial charge in [0.25, 0.3) is 0 Å². The van der Waals surface area contributed by atoms with Crippen LogP contribution in [0.4, 0.5) is 13.2 Å². The third-order valence-electron chi connectivity index (χ3n) is 2.07. The highest BCUT2D eigenvalue weighted by molar-refractivity contribution is 5.16. The van der Waals surface area contributed by atoms with Crippen LogP contribution < -0.4 is 5.32 Å². The van der Waals surface area contributed by atoms with Crippen molar-refractivity contribution in [3.05, 3.63) is 23.7 Å².